The van der Waals surface area contributed by atoms with Crippen LogP contribution in [-0.4, -0.2) is 40.7 Å². The van der Waals surface area contributed by atoms with Crippen molar-refractivity contribution in [2.45, 2.75) is 71.0 Å². The number of ether oxygens (including phenoxy) is 1. The third-order valence-electron chi connectivity index (χ3n) is 6.97. The Kier molecular flexibility index (Phi) is 5.62. The molecule has 1 aliphatic heterocycles. The van der Waals surface area contributed by atoms with Crippen molar-refractivity contribution in [3.63, 3.8) is 0 Å². The lowest BCUT2D eigenvalue weighted by Crippen LogP contribution is -2.56. The van der Waals surface area contributed by atoms with E-state index in [-0.39, 0.29) is 17.5 Å². The fraction of sp³-hybridized carbons (Fsp3) is 0.583. The number of benzene rings is 1. The molecule has 1 saturated carbocycles. The van der Waals surface area contributed by atoms with E-state index in [4.69, 9.17) is 9.15 Å². The number of piperidine rings is 1. The largest absolute Gasteiger partial charge is 0.480 e. The normalized spacial score (nSPS) is 25.1. The number of likely N-dealkylation sites (tertiary alicyclic amines) is 1. The number of aliphatic hydroxyl groups is 1. The van der Waals surface area contributed by atoms with Gasteiger partial charge in [-0.1, -0.05) is 19.8 Å². The Morgan fingerprint density at radius 3 is 2.93 bits per heavy atom. The number of hydrogen-bond acceptors (Lipinski definition) is 5. The first kappa shape index (κ1) is 20.9. The monoisotopic (exact) mass is 413 g/mol. The summed E-state index contributed by atoms with van der Waals surface area (Å²) in [6.07, 6.45) is 4.71. The molecule has 2 aromatic rings. The zero-order valence-corrected chi connectivity index (χ0v) is 18.1. The first-order valence-electron chi connectivity index (χ1n) is 11.1. The van der Waals surface area contributed by atoms with Gasteiger partial charge >= 0.3 is 5.63 Å². The number of rotatable bonds is 4. The maximum absolute atomic E-state index is 13.1. The first-order valence-corrected chi connectivity index (χ1v) is 11.1. The molecular formula is C24H31NO5. The molecule has 0 spiro atoms. The molecule has 4 rings (SSSR count). The van der Waals surface area contributed by atoms with E-state index in [2.05, 4.69) is 0 Å². The summed E-state index contributed by atoms with van der Waals surface area (Å²) in [5, 5.41) is 11.8. The number of carbonyl (C=O) groups excluding carboxylic acids is 1. The van der Waals surface area contributed by atoms with Gasteiger partial charge in [-0.3, -0.25) is 4.79 Å². The van der Waals surface area contributed by atoms with Crippen molar-refractivity contribution in [2.75, 3.05) is 13.1 Å². The summed E-state index contributed by atoms with van der Waals surface area (Å²) >= 11 is 0. The number of hydrogen-bond donors (Lipinski definition) is 1. The molecule has 1 aromatic heterocycles. The van der Waals surface area contributed by atoms with Crippen LogP contribution in [-0.2, 0) is 11.2 Å². The van der Waals surface area contributed by atoms with Gasteiger partial charge in [0.2, 0.25) is 0 Å². The summed E-state index contributed by atoms with van der Waals surface area (Å²) in [7, 11) is 0. The Balaban J connectivity index is 1.51. The number of amides is 1. The molecule has 1 amide bonds. The van der Waals surface area contributed by atoms with Gasteiger partial charge in [-0.25, -0.2) is 4.79 Å². The molecule has 1 aliphatic carbocycles. The summed E-state index contributed by atoms with van der Waals surface area (Å²) in [6, 6.07) is 5.26. The average Bonchev–Trinajstić information content (AvgIpc) is 2.74. The van der Waals surface area contributed by atoms with Crippen LogP contribution < -0.4 is 10.4 Å². The zero-order chi connectivity index (χ0) is 21.5. The van der Waals surface area contributed by atoms with Crippen LogP contribution in [0, 0.1) is 12.8 Å². The van der Waals surface area contributed by atoms with E-state index in [0.29, 0.717) is 30.8 Å². The topological polar surface area (TPSA) is 80.0 Å². The lowest BCUT2D eigenvalue weighted by atomic mass is 9.71. The van der Waals surface area contributed by atoms with Crippen LogP contribution in [0.1, 0.15) is 57.1 Å². The maximum Gasteiger partial charge on any atom is 0.336 e. The van der Waals surface area contributed by atoms with E-state index in [1.54, 1.807) is 6.92 Å². The van der Waals surface area contributed by atoms with Crippen molar-refractivity contribution in [3.05, 3.63) is 39.7 Å². The van der Waals surface area contributed by atoms with Gasteiger partial charge in [-0.05, 0) is 57.2 Å². The first-order chi connectivity index (χ1) is 14.3. The van der Waals surface area contributed by atoms with E-state index in [9.17, 15) is 14.7 Å². The highest BCUT2D eigenvalue weighted by Crippen LogP contribution is 2.40. The fourth-order valence-corrected chi connectivity index (χ4v) is 5.10. The van der Waals surface area contributed by atoms with Crippen LogP contribution >= 0.6 is 0 Å². The van der Waals surface area contributed by atoms with Crippen LogP contribution in [0.4, 0.5) is 0 Å². The van der Waals surface area contributed by atoms with Gasteiger partial charge in [0.25, 0.3) is 5.91 Å². The Labute approximate surface area is 176 Å². The lowest BCUT2D eigenvalue weighted by molar-refractivity contribution is -0.149. The molecule has 1 N–H and O–H groups in total. The third-order valence-corrected chi connectivity index (χ3v) is 6.97. The summed E-state index contributed by atoms with van der Waals surface area (Å²) < 4.78 is 11.5. The molecule has 3 atom stereocenters. The predicted octanol–water partition coefficient (Wildman–Crippen LogP) is 3.58. The minimum atomic E-state index is -0.656. The van der Waals surface area contributed by atoms with E-state index >= 15 is 0 Å². The minimum Gasteiger partial charge on any atom is -0.480 e. The van der Waals surface area contributed by atoms with Gasteiger partial charge in [0, 0.05) is 36.0 Å². The lowest BCUT2D eigenvalue weighted by Gasteiger charge is -2.47. The Hall–Kier alpha value is -2.34. The minimum absolute atomic E-state index is 0.0640. The number of fused-ring (bicyclic) bond motifs is 2. The SMILES string of the molecule is CCc1cc(=O)oc2c(C)c(O[C@@H](C)C(=O)N3CC[C@@]4(O)CCCC[C@H]4C3)ccc12. The van der Waals surface area contributed by atoms with E-state index in [0.717, 1.165) is 48.6 Å². The van der Waals surface area contributed by atoms with Gasteiger partial charge < -0.3 is 19.2 Å². The molecule has 6 nitrogen and oxygen atoms in total. The number of carbonyl (C=O) groups is 1. The highest BCUT2D eigenvalue weighted by atomic mass is 16.5. The second kappa shape index (κ2) is 8.06. The summed E-state index contributed by atoms with van der Waals surface area (Å²) in [5.41, 5.74) is 1.19. The molecule has 2 heterocycles. The Morgan fingerprint density at radius 1 is 1.37 bits per heavy atom. The van der Waals surface area contributed by atoms with Crippen molar-refractivity contribution in [1.82, 2.24) is 4.90 Å². The van der Waals surface area contributed by atoms with Crippen molar-refractivity contribution < 1.29 is 19.1 Å². The van der Waals surface area contributed by atoms with Crippen LogP contribution in [0.15, 0.2) is 27.4 Å². The highest BCUT2D eigenvalue weighted by Gasteiger charge is 2.44. The molecular weight excluding hydrogens is 382 g/mol. The second-order valence-electron chi connectivity index (χ2n) is 8.85. The van der Waals surface area contributed by atoms with Crippen LogP contribution in [0.25, 0.3) is 11.0 Å². The number of aryl methyl sites for hydroxylation is 2. The second-order valence-corrected chi connectivity index (χ2v) is 8.85. The third kappa shape index (κ3) is 3.73. The molecule has 1 aromatic carbocycles. The van der Waals surface area contributed by atoms with Crippen LogP contribution in [0.5, 0.6) is 5.75 Å². The van der Waals surface area contributed by atoms with Gasteiger partial charge in [0.1, 0.15) is 11.3 Å². The smallest absolute Gasteiger partial charge is 0.336 e. The van der Waals surface area contributed by atoms with E-state index < -0.39 is 11.7 Å². The fourth-order valence-electron chi connectivity index (χ4n) is 5.10. The Bertz CT molecular complexity index is 1010. The molecule has 6 heteroatoms. The average molecular weight is 414 g/mol. The standard InChI is InChI=1S/C24H31NO5/c1-4-17-13-21(26)30-22-15(2)20(9-8-19(17)22)29-16(3)23(27)25-12-11-24(28)10-6-5-7-18(24)14-25/h8-9,13,16,18,28H,4-7,10-12,14H2,1-3H3/t16-,18-,24-/m0/s1. The van der Waals surface area contributed by atoms with Gasteiger partial charge in [0.15, 0.2) is 6.10 Å². The predicted molar refractivity (Wildman–Crippen MR) is 115 cm³/mol. The molecule has 30 heavy (non-hydrogen) atoms. The van der Waals surface area contributed by atoms with E-state index in [1.807, 2.05) is 30.9 Å². The molecule has 2 fully saturated rings. The van der Waals surface area contributed by atoms with Crippen molar-refractivity contribution in [2.24, 2.45) is 5.92 Å². The maximum atomic E-state index is 13.1. The van der Waals surface area contributed by atoms with Crippen molar-refractivity contribution >= 4 is 16.9 Å². The molecule has 2 aliphatic rings. The van der Waals surface area contributed by atoms with Crippen LogP contribution in [0.2, 0.25) is 0 Å². The van der Waals surface area contributed by atoms with Crippen molar-refractivity contribution in [3.8, 4) is 5.75 Å². The summed E-state index contributed by atoms with van der Waals surface area (Å²) in [4.78, 5) is 26.8. The molecule has 162 valence electrons. The van der Waals surface area contributed by atoms with Gasteiger partial charge in [-0.2, -0.15) is 0 Å². The van der Waals surface area contributed by atoms with Gasteiger partial charge in [0.05, 0.1) is 5.60 Å². The highest BCUT2D eigenvalue weighted by molar-refractivity contribution is 5.85. The molecule has 0 radical (unpaired) electrons. The molecule has 1 saturated heterocycles. The van der Waals surface area contributed by atoms with Crippen molar-refractivity contribution in [1.29, 1.82) is 0 Å². The van der Waals surface area contributed by atoms with E-state index in [1.165, 1.54) is 6.07 Å². The Morgan fingerprint density at radius 2 is 2.17 bits per heavy atom. The molecule has 0 unspecified atom stereocenters. The number of nitrogens with zero attached hydrogens (tertiary/aromatic N) is 1. The summed E-state index contributed by atoms with van der Waals surface area (Å²) in [6.45, 7) is 6.76. The molecule has 0 bridgehead atoms. The van der Waals surface area contributed by atoms with Crippen LogP contribution in [0.3, 0.4) is 0 Å². The summed E-state index contributed by atoms with van der Waals surface area (Å²) in [5.74, 6) is 0.636. The van der Waals surface area contributed by atoms with Gasteiger partial charge in [-0.15, -0.1) is 0 Å². The zero-order valence-electron chi connectivity index (χ0n) is 18.1. The quantitative estimate of drug-likeness (QED) is 0.775.